The van der Waals surface area contributed by atoms with Crippen LogP contribution < -0.4 is 4.90 Å². The lowest BCUT2D eigenvalue weighted by molar-refractivity contribution is -0.384. The van der Waals surface area contributed by atoms with Gasteiger partial charge in [-0.25, -0.2) is 0 Å². The third kappa shape index (κ3) is 2.11. The van der Waals surface area contributed by atoms with E-state index < -0.39 is 4.92 Å². The summed E-state index contributed by atoms with van der Waals surface area (Å²) in [6.07, 6.45) is 3.37. The highest BCUT2D eigenvalue weighted by Crippen LogP contribution is 2.35. The molecule has 0 spiro atoms. The fraction of sp³-hybridized carbons (Fsp3) is 0.455. The van der Waals surface area contributed by atoms with E-state index in [1.165, 1.54) is 6.42 Å². The quantitative estimate of drug-likeness (QED) is 0.589. The van der Waals surface area contributed by atoms with Gasteiger partial charge >= 0.3 is 5.69 Å². The van der Waals surface area contributed by atoms with E-state index in [0.29, 0.717) is 5.69 Å². The minimum atomic E-state index is -0.397. The molecular formula is C11H13ClN2O2. The number of piperidine rings is 1. The van der Waals surface area contributed by atoms with Gasteiger partial charge in [-0.15, -0.1) is 0 Å². The van der Waals surface area contributed by atoms with Crippen molar-refractivity contribution in [2.45, 2.75) is 19.3 Å². The first-order valence-electron chi connectivity index (χ1n) is 5.38. The molecule has 1 fully saturated rings. The molecule has 4 nitrogen and oxygen atoms in total. The summed E-state index contributed by atoms with van der Waals surface area (Å²) in [5.74, 6) is 0. The molecule has 0 aliphatic carbocycles. The second-order valence-electron chi connectivity index (χ2n) is 3.91. The van der Waals surface area contributed by atoms with Crippen LogP contribution >= 0.6 is 11.6 Å². The Morgan fingerprint density at radius 2 is 1.94 bits per heavy atom. The van der Waals surface area contributed by atoms with Crippen molar-refractivity contribution in [3.8, 4) is 0 Å². The Morgan fingerprint density at radius 3 is 2.56 bits per heavy atom. The van der Waals surface area contributed by atoms with Crippen molar-refractivity contribution < 1.29 is 4.92 Å². The zero-order valence-electron chi connectivity index (χ0n) is 8.86. The Kier molecular flexibility index (Phi) is 3.29. The number of hydrogen-bond donors (Lipinski definition) is 0. The van der Waals surface area contributed by atoms with E-state index in [-0.39, 0.29) is 10.7 Å². The standard InChI is InChI=1S/C11H13ClN2O2/c12-9-5-4-6-10(11(9)14(15)16)13-7-2-1-3-8-13/h4-6H,1-3,7-8H2. The molecule has 86 valence electrons. The molecule has 0 saturated carbocycles. The molecule has 0 bridgehead atoms. The van der Waals surface area contributed by atoms with Gasteiger partial charge in [0.2, 0.25) is 0 Å². The van der Waals surface area contributed by atoms with Gasteiger partial charge in [0, 0.05) is 13.1 Å². The van der Waals surface area contributed by atoms with E-state index in [9.17, 15) is 10.1 Å². The summed E-state index contributed by atoms with van der Waals surface area (Å²) < 4.78 is 0. The van der Waals surface area contributed by atoms with Crippen LogP contribution in [0.5, 0.6) is 0 Å². The summed E-state index contributed by atoms with van der Waals surface area (Å²) in [4.78, 5) is 12.6. The zero-order valence-corrected chi connectivity index (χ0v) is 9.61. The molecule has 0 atom stereocenters. The SMILES string of the molecule is O=[N+]([O-])c1c(Cl)cccc1N1CCCCC1. The Labute approximate surface area is 99.0 Å². The molecule has 1 heterocycles. The van der Waals surface area contributed by atoms with Gasteiger partial charge in [-0.3, -0.25) is 10.1 Å². The van der Waals surface area contributed by atoms with E-state index in [2.05, 4.69) is 0 Å². The minimum absolute atomic E-state index is 0.0334. The fourth-order valence-electron chi connectivity index (χ4n) is 2.07. The molecule has 1 aromatic rings. The van der Waals surface area contributed by atoms with Gasteiger partial charge < -0.3 is 4.90 Å². The molecular weight excluding hydrogens is 228 g/mol. The monoisotopic (exact) mass is 240 g/mol. The third-order valence-corrected chi connectivity index (χ3v) is 3.15. The molecule has 0 unspecified atom stereocenters. The van der Waals surface area contributed by atoms with Crippen LogP contribution in [0.25, 0.3) is 0 Å². The smallest absolute Gasteiger partial charge is 0.310 e. The average Bonchev–Trinajstić information content (AvgIpc) is 2.29. The molecule has 1 aromatic carbocycles. The summed E-state index contributed by atoms with van der Waals surface area (Å²) >= 11 is 5.88. The summed E-state index contributed by atoms with van der Waals surface area (Å²) in [5.41, 5.74) is 0.684. The number of nitro benzene ring substituents is 1. The number of nitro groups is 1. The molecule has 0 radical (unpaired) electrons. The Balaban J connectivity index is 2.38. The van der Waals surface area contributed by atoms with Gasteiger partial charge in [-0.1, -0.05) is 17.7 Å². The van der Waals surface area contributed by atoms with E-state index in [1.54, 1.807) is 18.2 Å². The summed E-state index contributed by atoms with van der Waals surface area (Å²) in [7, 11) is 0. The highest BCUT2D eigenvalue weighted by Gasteiger charge is 2.23. The maximum atomic E-state index is 11.0. The number of nitrogens with zero attached hydrogens (tertiary/aromatic N) is 2. The van der Waals surface area contributed by atoms with Crippen molar-refractivity contribution in [2.24, 2.45) is 0 Å². The molecule has 1 aliphatic heterocycles. The largest absolute Gasteiger partial charge is 0.366 e. The van der Waals surface area contributed by atoms with Crippen LogP contribution in [0.2, 0.25) is 5.02 Å². The Bertz CT molecular complexity index is 403. The van der Waals surface area contributed by atoms with Gasteiger partial charge in [0.05, 0.1) is 4.92 Å². The van der Waals surface area contributed by atoms with Crippen LogP contribution in [0, 0.1) is 10.1 Å². The number of rotatable bonds is 2. The highest BCUT2D eigenvalue weighted by molar-refractivity contribution is 6.33. The molecule has 1 aliphatic rings. The molecule has 2 rings (SSSR count). The number of hydrogen-bond acceptors (Lipinski definition) is 3. The maximum absolute atomic E-state index is 11.0. The van der Waals surface area contributed by atoms with E-state index in [1.807, 2.05) is 4.90 Å². The molecule has 0 amide bonds. The van der Waals surface area contributed by atoms with Crippen molar-refractivity contribution in [2.75, 3.05) is 18.0 Å². The normalized spacial score (nSPS) is 16.2. The molecule has 5 heteroatoms. The van der Waals surface area contributed by atoms with Crippen LogP contribution in [0.4, 0.5) is 11.4 Å². The van der Waals surface area contributed by atoms with Crippen LogP contribution in [0.15, 0.2) is 18.2 Å². The first kappa shape index (κ1) is 11.2. The number of anilines is 1. The summed E-state index contributed by atoms with van der Waals surface area (Å²) in [6.45, 7) is 1.75. The summed E-state index contributed by atoms with van der Waals surface area (Å²) in [5, 5.41) is 11.2. The second-order valence-corrected chi connectivity index (χ2v) is 4.32. The minimum Gasteiger partial charge on any atom is -0.366 e. The first-order valence-corrected chi connectivity index (χ1v) is 5.76. The number of benzene rings is 1. The molecule has 1 saturated heterocycles. The van der Waals surface area contributed by atoms with E-state index >= 15 is 0 Å². The van der Waals surface area contributed by atoms with Crippen LogP contribution in [-0.4, -0.2) is 18.0 Å². The Hall–Kier alpha value is -1.29. The molecule has 0 aromatic heterocycles. The van der Waals surface area contributed by atoms with Crippen molar-refractivity contribution in [1.82, 2.24) is 0 Å². The summed E-state index contributed by atoms with van der Waals surface area (Å²) in [6, 6.07) is 5.10. The highest BCUT2D eigenvalue weighted by atomic mass is 35.5. The van der Waals surface area contributed by atoms with Crippen molar-refractivity contribution in [3.63, 3.8) is 0 Å². The Morgan fingerprint density at radius 1 is 1.25 bits per heavy atom. The topological polar surface area (TPSA) is 46.4 Å². The maximum Gasteiger partial charge on any atom is 0.310 e. The predicted molar refractivity (Wildman–Crippen MR) is 64.2 cm³/mol. The zero-order chi connectivity index (χ0) is 11.5. The van der Waals surface area contributed by atoms with Crippen molar-refractivity contribution >= 4 is 23.0 Å². The van der Waals surface area contributed by atoms with Gasteiger partial charge in [-0.05, 0) is 31.4 Å². The van der Waals surface area contributed by atoms with Crippen molar-refractivity contribution in [3.05, 3.63) is 33.3 Å². The van der Waals surface area contributed by atoms with Crippen LogP contribution in [0.1, 0.15) is 19.3 Å². The van der Waals surface area contributed by atoms with Gasteiger partial charge in [0.25, 0.3) is 0 Å². The lowest BCUT2D eigenvalue weighted by atomic mass is 10.1. The fourth-order valence-corrected chi connectivity index (χ4v) is 2.31. The first-order chi connectivity index (χ1) is 7.70. The van der Waals surface area contributed by atoms with Crippen LogP contribution in [-0.2, 0) is 0 Å². The predicted octanol–water partition coefficient (Wildman–Crippen LogP) is 3.24. The number of para-hydroxylation sites is 1. The number of halogens is 1. The van der Waals surface area contributed by atoms with E-state index in [0.717, 1.165) is 25.9 Å². The molecule has 0 N–H and O–H groups in total. The van der Waals surface area contributed by atoms with Crippen LogP contribution in [0.3, 0.4) is 0 Å². The average molecular weight is 241 g/mol. The lowest BCUT2D eigenvalue weighted by Crippen LogP contribution is -2.29. The third-order valence-electron chi connectivity index (χ3n) is 2.84. The second kappa shape index (κ2) is 4.70. The lowest BCUT2D eigenvalue weighted by Gasteiger charge is -2.28. The van der Waals surface area contributed by atoms with Crippen molar-refractivity contribution in [1.29, 1.82) is 0 Å². The van der Waals surface area contributed by atoms with Gasteiger partial charge in [0.15, 0.2) is 0 Å². The van der Waals surface area contributed by atoms with E-state index in [4.69, 9.17) is 11.6 Å². The van der Waals surface area contributed by atoms with Gasteiger partial charge in [-0.2, -0.15) is 0 Å². The van der Waals surface area contributed by atoms with Gasteiger partial charge in [0.1, 0.15) is 10.7 Å². The molecule has 16 heavy (non-hydrogen) atoms.